The SMILES string of the molecule is CCOC(=O)c1cnc(S(=O)(=O)N2CCC(Sc3cc(C(C)(C)C)c(O)c(C(C)(C)C)c3)CC2)[nH]1. The molecule has 0 atom stereocenters. The maximum Gasteiger partial charge on any atom is 0.356 e. The van der Waals surface area contributed by atoms with Crippen molar-refractivity contribution in [2.75, 3.05) is 19.7 Å². The fourth-order valence-corrected chi connectivity index (χ4v) is 6.64. The number of imidazole rings is 1. The van der Waals surface area contributed by atoms with Crippen LogP contribution in [-0.4, -0.2) is 58.7 Å². The average molecular weight is 524 g/mol. The molecule has 3 rings (SSSR count). The standard InChI is InChI=1S/C25H37N3O5S2/c1-8-33-22(30)20-15-26-23(27-20)35(31,32)28-11-9-16(10-12-28)34-17-13-18(24(2,3)4)21(29)19(14-17)25(5,6)7/h13-16,29H,8-12H2,1-7H3,(H,26,27). The van der Waals surface area contributed by atoms with E-state index >= 15 is 0 Å². The number of sulfonamides is 1. The third-order valence-corrected chi connectivity index (χ3v) is 9.09. The Hall–Kier alpha value is -2.04. The third-order valence-electron chi connectivity index (χ3n) is 6.04. The quantitative estimate of drug-likeness (QED) is 0.521. The fourth-order valence-electron chi connectivity index (χ4n) is 4.07. The van der Waals surface area contributed by atoms with Gasteiger partial charge in [0.25, 0.3) is 10.0 Å². The van der Waals surface area contributed by atoms with E-state index in [9.17, 15) is 18.3 Å². The predicted molar refractivity (Wildman–Crippen MR) is 138 cm³/mol. The highest BCUT2D eigenvalue weighted by molar-refractivity contribution is 8.00. The highest BCUT2D eigenvalue weighted by Gasteiger charge is 2.33. The summed E-state index contributed by atoms with van der Waals surface area (Å²) in [7, 11) is -3.83. The number of thioether (sulfide) groups is 1. The summed E-state index contributed by atoms with van der Waals surface area (Å²) >= 11 is 1.74. The second-order valence-electron chi connectivity index (χ2n) is 10.9. The van der Waals surface area contributed by atoms with Crippen molar-refractivity contribution < 1.29 is 23.1 Å². The van der Waals surface area contributed by atoms with Gasteiger partial charge in [0, 0.05) is 34.4 Å². The van der Waals surface area contributed by atoms with Crippen molar-refractivity contribution in [3.05, 3.63) is 35.2 Å². The number of phenols is 1. The third kappa shape index (κ3) is 6.21. The minimum Gasteiger partial charge on any atom is -0.507 e. The van der Waals surface area contributed by atoms with E-state index in [1.54, 1.807) is 18.7 Å². The lowest BCUT2D eigenvalue weighted by Crippen LogP contribution is -2.39. The van der Waals surface area contributed by atoms with E-state index in [1.807, 2.05) is 0 Å². The van der Waals surface area contributed by atoms with Gasteiger partial charge in [0.2, 0.25) is 5.16 Å². The molecule has 0 radical (unpaired) electrons. The zero-order valence-corrected chi connectivity index (χ0v) is 23.3. The van der Waals surface area contributed by atoms with Crippen LogP contribution in [0.4, 0.5) is 0 Å². The Bertz CT molecular complexity index is 1130. The first-order valence-corrected chi connectivity index (χ1v) is 14.2. The van der Waals surface area contributed by atoms with Crippen LogP contribution in [0, 0.1) is 0 Å². The number of aromatic hydroxyl groups is 1. The van der Waals surface area contributed by atoms with Crippen LogP contribution in [0.2, 0.25) is 0 Å². The number of rotatable bonds is 6. The molecule has 8 nitrogen and oxygen atoms in total. The summed E-state index contributed by atoms with van der Waals surface area (Å²) in [5.74, 6) is -0.273. The molecule has 10 heteroatoms. The van der Waals surface area contributed by atoms with E-state index in [1.165, 1.54) is 10.5 Å². The number of aromatic nitrogens is 2. The number of hydrogen-bond acceptors (Lipinski definition) is 7. The van der Waals surface area contributed by atoms with Gasteiger partial charge in [-0.1, -0.05) is 41.5 Å². The fraction of sp³-hybridized carbons (Fsp3) is 0.600. The van der Waals surface area contributed by atoms with Crippen molar-refractivity contribution in [1.29, 1.82) is 0 Å². The maximum atomic E-state index is 13.0. The monoisotopic (exact) mass is 523 g/mol. The molecule has 2 heterocycles. The Balaban J connectivity index is 1.73. The van der Waals surface area contributed by atoms with Crippen molar-refractivity contribution >= 4 is 27.8 Å². The molecule has 0 amide bonds. The lowest BCUT2D eigenvalue weighted by Gasteiger charge is -2.31. The lowest BCUT2D eigenvalue weighted by atomic mass is 9.79. The average Bonchev–Trinajstić information content (AvgIpc) is 3.25. The van der Waals surface area contributed by atoms with Crippen LogP contribution < -0.4 is 0 Å². The molecule has 194 valence electrons. The van der Waals surface area contributed by atoms with Gasteiger partial charge in [0.1, 0.15) is 11.4 Å². The summed E-state index contributed by atoms with van der Waals surface area (Å²) in [4.78, 5) is 19.4. The lowest BCUT2D eigenvalue weighted by molar-refractivity contribution is 0.0519. The smallest absolute Gasteiger partial charge is 0.356 e. The van der Waals surface area contributed by atoms with Gasteiger partial charge >= 0.3 is 5.97 Å². The molecule has 1 aromatic carbocycles. The first-order chi connectivity index (χ1) is 16.1. The summed E-state index contributed by atoms with van der Waals surface area (Å²) in [6, 6.07) is 4.14. The molecule has 1 aromatic heterocycles. The summed E-state index contributed by atoms with van der Waals surface area (Å²) in [5, 5.41) is 11.0. The number of carbonyl (C=O) groups is 1. The zero-order valence-electron chi connectivity index (χ0n) is 21.6. The van der Waals surface area contributed by atoms with Crippen molar-refractivity contribution in [3.8, 4) is 5.75 Å². The Morgan fingerprint density at radius 2 is 1.69 bits per heavy atom. The Labute approximate surface area is 212 Å². The molecule has 0 bridgehead atoms. The number of ether oxygens (including phenoxy) is 1. The first-order valence-electron chi connectivity index (χ1n) is 11.9. The number of aromatic amines is 1. The Kier molecular flexibility index (Phi) is 7.98. The van der Waals surface area contributed by atoms with Gasteiger partial charge in [0.05, 0.1) is 12.8 Å². The van der Waals surface area contributed by atoms with Crippen molar-refractivity contribution in [3.63, 3.8) is 0 Å². The highest BCUT2D eigenvalue weighted by atomic mass is 32.2. The van der Waals surface area contributed by atoms with Crippen LogP contribution in [0.15, 0.2) is 28.4 Å². The second-order valence-corrected chi connectivity index (χ2v) is 14.1. The van der Waals surface area contributed by atoms with Crippen molar-refractivity contribution in [2.45, 2.75) is 87.4 Å². The molecule has 1 aliphatic rings. The van der Waals surface area contributed by atoms with Gasteiger partial charge in [-0.15, -0.1) is 11.8 Å². The molecule has 1 aliphatic heterocycles. The number of carbonyl (C=O) groups excluding carboxylic acids is 1. The van der Waals surface area contributed by atoms with Crippen LogP contribution in [0.25, 0.3) is 0 Å². The van der Waals surface area contributed by atoms with Gasteiger partial charge < -0.3 is 14.8 Å². The van der Waals surface area contributed by atoms with Crippen molar-refractivity contribution in [2.24, 2.45) is 0 Å². The minimum atomic E-state index is -3.83. The Morgan fingerprint density at radius 3 is 2.17 bits per heavy atom. The first kappa shape index (κ1) is 27.5. The number of nitrogens with zero attached hydrogens (tertiary/aromatic N) is 2. The molecule has 2 N–H and O–H groups in total. The number of piperidine rings is 1. The van der Waals surface area contributed by atoms with E-state index in [2.05, 4.69) is 63.6 Å². The van der Waals surface area contributed by atoms with Gasteiger partial charge in [-0.3, -0.25) is 0 Å². The molecule has 0 spiro atoms. The summed E-state index contributed by atoms with van der Waals surface area (Å²) < 4.78 is 32.4. The molecule has 2 aromatic rings. The second kappa shape index (κ2) is 10.1. The number of phenolic OH excluding ortho intramolecular Hbond substituents is 1. The number of H-pyrrole nitrogens is 1. The molecule has 35 heavy (non-hydrogen) atoms. The largest absolute Gasteiger partial charge is 0.507 e. The molecular weight excluding hydrogens is 486 g/mol. The molecule has 0 unspecified atom stereocenters. The van der Waals surface area contributed by atoms with Crippen molar-refractivity contribution in [1.82, 2.24) is 14.3 Å². The number of hydrogen-bond donors (Lipinski definition) is 2. The van der Waals surface area contributed by atoms with Crippen LogP contribution in [0.3, 0.4) is 0 Å². The number of nitrogens with one attached hydrogen (secondary N) is 1. The van der Waals surface area contributed by atoms with E-state index in [0.717, 1.165) is 16.0 Å². The minimum absolute atomic E-state index is 0.0208. The van der Waals surface area contributed by atoms with E-state index in [4.69, 9.17) is 4.74 Å². The molecule has 1 saturated heterocycles. The number of benzene rings is 1. The summed E-state index contributed by atoms with van der Waals surface area (Å²) in [6.07, 6.45) is 2.57. The molecule has 0 saturated carbocycles. The normalized spacial score (nSPS) is 16.4. The van der Waals surface area contributed by atoms with Crippen LogP contribution in [0.5, 0.6) is 5.75 Å². The molecule has 0 aliphatic carbocycles. The summed E-state index contributed by atoms with van der Waals surface area (Å²) in [6.45, 7) is 15.2. The van der Waals surface area contributed by atoms with E-state index in [-0.39, 0.29) is 33.5 Å². The van der Waals surface area contributed by atoms with Gasteiger partial charge in [-0.05, 0) is 42.7 Å². The van der Waals surface area contributed by atoms with E-state index < -0.39 is 16.0 Å². The van der Waals surface area contributed by atoms with Gasteiger partial charge in [-0.25, -0.2) is 18.2 Å². The van der Waals surface area contributed by atoms with Gasteiger partial charge in [0.15, 0.2) is 0 Å². The molecular formula is C25H37N3O5S2. The molecule has 1 fully saturated rings. The Morgan fingerprint density at radius 1 is 1.14 bits per heavy atom. The zero-order chi connectivity index (χ0) is 26.2. The van der Waals surface area contributed by atoms with Crippen LogP contribution in [0.1, 0.15) is 82.9 Å². The topological polar surface area (TPSA) is 113 Å². The predicted octanol–water partition coefficient (Wildman–Crippen LogP) is 4.83. The van der Waals surface area contributed by atoms with E-state index in [0.29, 0.717) is 31.7 Å². The number of esters is 1. The van der Waals surface area contributed by atoms with Crippen LogP contribution in [-0.2, 0) is 25.6 Å². The van der Waals surface area contributed by atoms with Gasteiger partial charge in [-0.2, -0.15) is 4.31 Å². The van der Waals surface area contributed by atoms with Crippen LogP contribution >= 0.6 is 11.8 Å². The maximum absolute atomic E-state index is 13.0. The summed E-state index contributed by atoms with van der Waals surface area (Å²) in [5.41, 5.74) is 1.45. The highest BCUT2D eigenvalue weighted by Crippen LogP contribution is 2.43.